The third-order valence-corrected chi connectivity index (χ3v) is 5.64. The summed E-state index contributed by atoms with van der Waals surface area (Å²) in [6.07, 6.45) is 0.387. The molecule has 0 radical (unpaired) electrons. The van der Waals surface area contributed by atoms with Gasteiger partial charge in [-0.25, -0.2) is 4.79 Å². The number of ether oxygens (including phenoxy) is 1. The fraction of sp³-hybridized carbons (Fsp3) is 0.478. The molecule has 1 amide bonds. The van der Waals surface area contributed by atoms with E-state index in [1.165, 1.54) is 11.3 Å². The van der Waals surface area contributed by atoms with Crippen LogP contribution in [0.1, 0.15) is 67.2 Å². The minimum atomic E-state index is -0.741. The lowest BCUT2D eigenvalue weighted by molar-refractivity contribution is -0.157. The number of amides is 1. The molecule has 1 atom stereocenters. The molecule has 0 aliphatic heterocycles. The Morgan fingerprint density at radius 2 is 1.61 bits per heavy atom. The Morgan fingerprint density at radius 1 is 1.00 bits per heavy atom. The normalized spacial score (nSPS) is 13.1. The van der Waals surface area contributed by atoms with Crippen molar-refractivity contribution < 1.29 is 14.3 Å². The van der Waals surface area contributed by atoms with E-state index < -0.39 is 17.6 Å². The van der Waals surface area contributed by atoms with E-state index in [4.69, 9.17) is 4.74 Å². The lowest BCUT2D eigenvalue weighted by atomic mass is 9.95. The van der Waals surface area contributed by atoms with Crippen LogP contribution in [0, 0.1) is 6.92 Å². The fourth-order valence-electron chi connectivity index (χ4n) is 2.62. The van der Waals surface area contributed by atoms with Crippen LogP contribution in [0.3, 0.4) is 0 Å². The zero-order chi connectivity index (χ0) is 21.1. The van der Waals surface area contributed by atoms with Crippen LogP contribution in [0.4, 0.5) is 0 Å². The van der Waals surface area contributed by atoms with Gasteiger partial charge in [0.15, 0.2) is 0 Å². The van der Waals surface area contributed by atoms with Gasteiger partial charge in [0.25, 0.3) is 5.91 Å². The maximum Gasteiger partial charge on any atom is 0.329 e. The van der Waals surface area contributed by atoms with Crippen LogP contribution < -0.4 is 5.32 Å². The lowest BCUT2D eigenvalue weighted by Gasteiger charge is -2.24. The van der Waals surface area contributed by atoms with Crippen molar-refractivity contribution in [1.82, 2.24) is 5.32 Å². The van der Waals surface area contributed by atoms with E-state index in [0.717, 1.165) is 16.0 Å². The molecule has 0 aliphatic rings. The first kappa shape index (κ1) is 22.2. The van der Waals surface area contributed by atoms with Crippen LogP contribution in [-0.2, 0) is 21.4 Å². The van der Waals surface area contributed by atoms with Gasteiger partial charge in [-0.2, -0.15) is 0 Å². The quantitative estimate of drug-likeness (QED) is 0.714. The van der Waals surface area contributed by atoms with Crippen molar-refractivity contribution in [1.29, 1.82) is 0 Å². The summed E-state index contributed by atoms with van der Waals surface area (Å²) in [6, 6.07) is 11.0. The lowest BCUT2D eigenvalue weighted by Crippen LogP contribution is -2.45. The molecule has 0 unspecified atom stereocenters. The Kier molecular flexibility index (Phi) is 6.71. The predicted molar refractivity (Wildman–Crippen MR) is 115 cm³/mol. The third kappa shape index (κ3) is 6.48. The Balaban J connectivity index is 2.20. The highest BCUT2D eigenvalue weighted by Gasteiger charge is 2.28. The number of benzene rings is 1. The van der Waals surface area contributed by atoms with Crippen LogP contribution >= 0.6 is 11.3 Å². The van der Waals surface area contributed by atoms with Crippen LogP contribution in [-0.4, -0.2) is 23.5 Å². The summed E-state index contributed by atoms with van der Waals surface area (Å²) in [5.74, 6) is -0.669. The Bertz CT molecular complexity index is 823. The highest BCUT2D eigenvalue weighted by molar-refractivity contribution is 7.14. The van der Waals surface area contributed by atoms with Crippen molar-refractivity contribution in [2.75, 3.05) is 0 Å². The number of hydrogen-bond acceptors (Lipinski definition) is 4. The molecule has 4 nitrogen and oxygen atoms in total. The fourth-order valence-corrected chi connectivity index (χ4v) is 3.59. The van der Waals surface area contributed by atoms with E-state index in [2.05, 4.69) is 26.1 Å². The van der Waals surface area contributed by atoms with E-state index >= 15 is 0 Å². The van der Waals surface area contributed by atoms with Gasteiger partial charge in [-0.15, -0.1) is 11.3 Å². The molecule has 1 heterocycles. The maximum atomic E-state index is 12.8. The van der Waals surface area contributed by atoms with Crippen LogP contribution in [0.5, 0.6) is 0 Å². The van der Waals surface area contributed by atoms with E-state index in [-0.39, 0.29) is 11.3 Å². The van der Waals surface area contributed by atoms with E-state index in [1.54, 1.807) is 0 Å². The molecule has 1 aromatic heterocycles. The number of aryl methyl sites for hydroxylation is 1. The standard InChI is InChI=1S/C23H31NO3S/c1-15-8-10-16(11-9-15)14-17(21(26)27-23(5,6)7)24-20(25)18-12-13-19(28-18)22(2,3)4/h8-13,17H,14H2,1-7H3,(H,24,25)/t17-/m0/s1. The summed E-state index contributed by atoms with van der Waals surface area (Å²) in [4.78, 5) is 27.3. The van der Waals surface area contributed by atoms with Gasteiger partial charge >= 0.3 is 5.97 Å². The first-order chi connectivity index (χ1) is 12.8. The number of rotatable bonds is 5. The molecule has 2 rings (SSSR count). The van der Waals surface area contributed by atoms with Gasteiger partial charge in [-0.3, -0.25) is 4.79 Å². The van der Waals surface area contributed by atoms with E-state index in [1.807, 2.05) is 64.1 Å². The SMILES string of the molecule is Cc1ccc(C[C@H](NC(=O)c2ccc(C(C)(C)C)s2)C(=O)OC(C)(C)C)cc1. The summed E-state index contributed by atoms with van der Waals surface area (Å²) in [5.41, 5.74) is 1.49. The molecular formula is C23H31NO3S. The molecule has 1 aromatic carbocycles. The van der Waals surface area contributed by atoms with Crippen LogP contribution in [0.15, 0.2) is 36.4 Å². The Hall–Kier alpha value is -2.14. The van der Waals surface area contributed by atoms with Gasteiger partial charge in [0.2, 0.25) is 0 Å². The molecule has 5 heteroatoms. The van der Waals surface area contributed by atoms with E-state index in [9.17, 15) is 9.59 Å². The van der Waals surface area contributed by atoms with Gasteiger partial charge in [0, 0.05) is 11.3 Å². The highest BCUT2D eigenvalue weighted by atomic mass is 32.1. The summed E-state index contributed by atoms with van der Waals surface area (Å²) >= 11 is 1.46. The Labute approximate surface area is 172 Å². The number of nitrogens with one attached hydrogen (secondary N) is 1. The summed E-state index contributed by atoms with van der Waals surface area (Å²) in [7, 11) is 0. The van der Waals surface area contributed by atoms with Gasteiger partial charge < -0.3 is 10.1 Å². The monoisotopic (exact) mass is 401 g/mol. The molecule has 0 bridgehead atoms. The number of thiophene rings is 1. The third-order valence-electron chi connectivity index (χ3n) is 4.13. The number of esters is 1. The van der Waals surface area contributed by atoms with Crippen molar-refractivity contribution >= 4 is 23.2 Å². The maximum absolute atomic E-state index is 12.8. The minimum Gasteiger partial charge on any atom is -0.458 e. The smallest absolute Gasteiger partial charge is 0.329 e. The summed E-state index contributed by atoms with van der Waals surface area (Å²) in [6.45, 7) is 13.8. The zero-order valence-corrected chi connectivity index (χ0v) is 18.7. The average molecular weight is 402 g/mol. The molecule has 0 spiro atoms. The largest absolute Gasteiger partial charge is 0.458 e. The zero-order valence-electron chi connectivity index (χ0n) is 17.9. The molecule has 152 valence electrons. The average Bonchev–Trinajstić information content (AvgIpc) is 3.05. The molecular weight excluding hydrogens is 370 g/mol. The summed E-state index contributed by atoms with van der Waals surface area (Å²) in [5, 5.41) is 2.88. The predicted octanol–water partition coefficient (Wildman–Crippen LogP) is 5.04. The van der Waals surface area contributed by atoms with Gasteiger partial charge in [0.1, 0.15) is 11.6 Å². The van der Waals surface area contributed by atoms with Crippen molar-refractivity contribution in [3.63, 3.8) is 0 Å². The van der Waals surface area contributed by atoms with Gasteiger partial charge in [-0.05, 0) is 50.8 Å². The van der Waals surface area contributed by atoms with Crippen LogP contribution in [0.25, 0.3) is 0 Å². The molecule has 0 fully saturated rings. The minimum absolute atomic E-state index is 0.0182. The van der Waals surface area contributed by atoms with Crippen molar-refractivity contribution in [2.24, 2.45) is 0 Å². The first-order valence-electron chi connectivity index (χ1n) is 9.55. The molecule has 1 N–H and O–H groups in total. The van der Waals surface area contributed by atoms with Crippen LogP contribution in [0.2, 0.25) is 0 Å². The van der Waals surface area contributed by atoms with Crippen molar-refractivity contribution in [2.45, 2.75) is 71.9 Å². The van der Waals surface area contributed by atoms with Crippen molar-refractivity contribution in [3.8, 4) is 0 Å². The molecule has 28 heavy (non-hydrogen) atoms. The first-order valence-corrected chi connectivity index (χ1v) is 10.4. The molecule has 0 saturated carbocycles. The van der Waals surface area contributed by atoms with Gasteiger partial charge in [-0.1, -0.05) is 50.6 Å². The second-order valence-corrected chi connectivity index (χ2v) is 10.2. The van der Waals surface area contributed by atoms with Crippen molar-refractivity contribution in [3.05, 3.63) is 57.3 Å². The second kappa shape index (κ2) is 8.48. The number of carbonyl (C=O) groups is 2. The molecule has 0 aliphatic carbocycles. The number of hydrogen-bond donors (Lipinski definition) is 1. The number of carbonyl (C=O) groups excluding carboxylic acids is 2. The summed E-state index contributed by atoms with van der Waals surface area (Å²) < 4.78 is 5.54. The molecule has 2 aromatic rings. The van der Waals surface area contributed by atoms with Gasteiger partial charge in [0.05, 0.1) is 4.88 Å². The topological polar surface area (TPSA) is 55.4 Å². The second-order valence-electron chi connectivity index (χ2n) is 9.16. The molecule has 0 saturated heterocycles. The van der Waals surface area contributed by atoms with E-state index in [0.29, 0.717) is 11.3 Å². The highest BCUT2D eigenvalue weighted by Crippen LogP contribution is 2.29. The Morgan fingerprint density at radius 3 is 2.11 bits per heavy atom.